The summed E-state index contributed by atoms with van der Waals surface area (Å²) < 4.78 is 0.555. The van der Waals surface area contributed by atoms with Gasteiger partial charge < -0.3 is 0 Å². The fourth-order valence-corrected chi connectivity index (χ4v) is 8.23. The third kappa shape index (κ3) is 39.6. The van der Waals surface area contributed by atoms with Crippen LogP contribution in [0, 0.1) is 0 Å². The molecule has 0 aromatic rings. The quantitative estimate of drug-likeness (QED) is 0.0193. The molecule has 0 fully saturated rings. The molecule has 0 N–H and O–H groups in total. The molecule has 0 aliphatic carbocycles. The van der Waals surface area contributed by atoms with Crippen LogP contribution in [0.1, 0.15) is 244 Å². The molecule has 0 saturated heterocycles. The van der Waals surface area contributed by atoms with Crippen molar-refractivity contribution < 1.29 is 0 Å². The van der Waals surface area contributed by atoms with E-state index in [0.29, 0.717) is 3.55 Å². The maximum absolute atomic E-state index is 6.06. The van der Waals surface area contributed by atoms with E-state index in [0.717, 1.165) is 0 Å². The van der Waals surface area contributed by atoms with Gasteiger partial charge in [0.1, 0.15) is 0 Å². The lowest BCUT2D eigenvalue weighted by atomic mass is 10.0. The van der Waals surface area contributed by atoms with E-state index in [2.05, 4.69) is 29.5 Å². The lowest BCUT2D eigenvalue weighted by molar-refractivity contribution is 0.510. The van der Waals surface area contributed by atoms with Crippen LogP contribution < -0.4 is 0 Å². The number of unbranched alkanes of at least 4 members (excludes halogenated alkanes) is 35. The highest BCUT2D eigenvalue weighted by Gasteiger charge is 2.14. The van der Waals surface area contributed by atoms with Gasteiger partial charge in [-0.3, -0.25) is 0 Å². The van der Waals surface area contributed by atoms with Crippen LogP contribution in [0.15, 0.2) is 0 Å². The van der Waals surface area contributed by atoms with Crippen LogP contribution in [0.5, 0.6) is 0 Å². The maximum Gasteiger partial charge on any atom is 0.249 e. The van der Waals surface area contributed by atoms with Crippen LogP contribution in [0.4, 0.5) is 0 Å². The minimum Gasteiger partial charge on any atom is -0.149 e. The van der Waals surface area contributed by atoms with Gasteiger partial charge in [0.15, 0.2) is 0 Å². The summed E-state index contributed by atoms with van der Waals surface area (Å²) in [5.74, 6) is 0. The van der Waals surface area contributed by atoms with Gasteiger partial charge in [-0.25, -0.2) is 0 Å². The molecule has 0 aliphatic rings. The van der Waals surface area contributed by atoms with E-state index in [4.69, 9.17) is 22.2 Å². The summed E-state index contributed by atoms with van der Waals surface area (Å²) in [7, 11) is -1.44. The first-order valence-corrected chi connectivity index (χ1v) is 25.5. The Labute approximate surface area is 298 Å². The van der Waals surface area contributed by atoms with Gasteiger partial charge in [-0.2, -0.15) is 0 Å². The van der Waals surface area contributed by atoms with Crippen molar-refractivity contribution in [2.45, 2.75) is 248 Å². The van der Waals surface area contributed by atoms with E-state index in [1.807, 2.05) is 0 Å². The first-order chi connectivity index (χ1) is 21.2. The Morgan fingerprint density at radius 2 is 0.488 bits per heavy atom. The molecule has 0 unspecified atom stereocenters. The predicted octanol–water partition coefficient (Wildman–Crippen LogP) is 16.5. The molecular formula is C39H79Cl2ISi. The lowest BCUT2D eigenvalue weighted by Gasteiger charge is -2.08. The molecule has 260 valence electrons. The average Bonchev–Trinajstić information content (AvgIpc) is 3.00. The summed E-state index contributed by atoms with van der Waals surface area (Å²) in [4.78, 5) is 0. The van der Waals surface area contributed by atoms with Crippen molar-refractivity contribution in [2.75, 3.05) is 0 Å². The molecule has 1 atom stereocenters. The van der Waals surface area contributed by atoms with Crippen molar-refractivity contribution in [3.63, 3.8) is 0 Å². The number of alkyl halides is 1. The molecular weight excluding hydrogens is 694 g/mol. The van der Waals surface area contributed by atoms with Gasteiger partial charge in [0.05, 0.1) is 0 Å². The molecule has 0 bridgehead atoms. The van der Waals surface area contributed by atoms with E-state index < -0.39 is 7.42 Å². The highest BCUT2D eigenvalue weighted by Crippen LogP contribution is 2.21. The summed E-state index contributed by atoms with van der Waals surface area (Å²) in [6.07, 6.45) is 54.0. The number of hydrogen-bond donors (Lipinski definition) is 0. The van der Waals surface area contributed by atoms with E-state index in [9.17, 15) is 0 Å². The third-order valence-corrected chi connectivity index (χ3v) is 17.6. The van der Waals surface area contributed by atoms with Gasteiger partial charge in [-0.15, -0.1) is 22.2 Å². The summed E-state index contributed by atoms with van der Waals surface area (Å²) in [5, 5.41) is 0. The average molecular weight is 774 g/mol. The fraction of sp³-hybridized carbons (Fsp3) is 1.00. The minimum absolute atomic E-state index is 0.555. The van der Waals surface area contributed by atoms with Crippen molar-refractivity contribution in [3.8, 4) is 0 Å². The lowest BCUT2D eigenvalue weighted by Crippen LogP contribution is -2.12. The standard InChI is InChI=1S/C39H79Cl2ISi/c1-2-3-4-5-6-7-8-9-10-11-12-13-14-15-16-17-18-19-20-21-22-23-24-25-26-27-28-29-30-31-32-33-34-35-36-37-38-39(42)43(40)41/h39,43H,2-38H2,1H3/t39-/m1/s1. The zero-order valence-corrected chi connectivity index (χ0v) is 34.3. The van der Waals surface area contributed by atoms with Crippen molar-refractivity contribution in [3.05, 3.63) is 0 Å². The van der Waals surface area contributed by atoms with Crippen LogP contribution >= 0.6 is 44.7 Å². The Morgan fingerprint density at radius 1 is 0.326 bits per heavy atom. The highest BCUT2D eigenvalue weighted by molar-refractivity contribution is 14.1. The number of halogens is 3. The fourth-order valence-electron chi connectivity index (χ4n) is 6.55. The van der Waals surface area contributed by atoms with Gasteiger partial charge >= 0.3 is 0 Å². The van der Waals surface area contributed by atoms with E-state index in [1.54, 1.807) is 0 Å². The van der Waals surface area contributed by atoms with Crippen molar-refractivity contribution in [2.24, 2.45) is 0 Å². The SMILES string of the molecule is CCCCCCCCCCCCCCCCCCCCCCCCCCCCCCCCCCCCCC[C@H](I)[SiH](Cl)Cl. The Morgan fingerprint density at radius 3 is 0.651 bits per heavy atom. The Balaban J connectivity index is 3.05. The molecule has 0 nitrogen and oxygen atoms in total. The smallest absolute Gasteiger partial charge is 0.149 e. The zero-order chi connectivity index (χ0) is 31.3. The number of hydrogen-bond acceptors (Lipinski definition) is 0. The molecule has 0 aromatic carbocycles. The molecule has 0 heterocycles. The van der Waals surface area contributed by atoms with Crippen LogP contribution in [0.25, 0.3) is 0 Å². The molecule has 0 aliphatic heterocycles. The topological polar surface area (TPSA) is 0 Å². The first kappa shape index (κ1) is 44.5. The van der Waals surface area contributed by atoms with Crippen LogP contribution in [0.2, 0.25) is 0 Å². The molecule has 0 aromatic heterocycles. The molecule has 0 rings (SSSR count). The van der Waals surface area contributed by atoms with E-state index in [-0.39, 0.29) is 0 Å². The van der Waals surface area contributed by atoms with Crippen molar-refractivity contribution in [1.29, 1.82) is 0 Å². The van der Waals surface area contributed by atoms with Crippen LogP contribution in [0.3, 0.4) is 0 Å². The summed E-state index contributed by atoms with van der Waals surface area (Å²) >= 11 is 14.6. The van der Waals surface area contributed by atoms with Gasteiger partial charge in [0, 0.05) is 3.55 Å². The van der Waals surface area contributed by atoms with Gasteiger partial charge in [-0.05, 0) is 6.42 Å². The van der Waals surface area contributed by atoms with Crippen LogP contribution in [-0.4, -0.2) is 11.0 Å². The van der Waals surface area contributed by atoms with Crippen LogP contribution in [-0.2, 0) is 0 Å². The van der Waals surface area contributed by atoms with Crippen molar-refractivity contribution >= 4 is 52.2 Å². The first-order valence-electron chi connectivity index (χ1n) is 20.1. The largest absolute Gasteiger partial charge is 0.249 e. The second-order valence-electron chi connectivity index (χ2n) is 14.0. The highest BCUT2D eigenvalue weighted by atomic mass is 127. The molecule has 0 amide bonds. The Kier molecular flexibility index (Phi) is 41.1. The normalized spacial score (nSPS) is 12.5. The predicted molar refractivity (Wildman–Crippen MR) is 213 cm³/mol. The molecule has 0 saturated carbocycles. The zero-order valence-electron chi connectivity index (χ0n) is 29.5. The monoisotopic (exact) mass is 772 g/mol. The molecule has 4 heteroatoms. The summed E-state index contributed by atoms with van der Waals surface area (Å²) in [5.41, 5.74) is 0. The molecule has 0 spiro atoms. The Bertz CT molecular complexity index is 490. The van der Waals surface area contributed by atoms with Crippen molar-refractivity contribution in [1.82, 2.24) is 0 Å². The summed E-state index contributed by atoms with van der Waals surface area (Å²) in [6.45, 7) is 2.31. The second-order valence-corrected chi connectivity index (χ2v) is 21.9. The maximum atomic E-state index is 6.06. The summed E-state index contributed by atoms with van der Waals surface area (Å²) in [6, 6.07) is 0. The van der Waals surface area contributed by atoms with Gasteiger partial charge in [0.25, 0.3) is 0 Å². The second kappa shape index (κ2) is 39.7. The Hall–Kier alpha value is 1.53. The minimum atomic E-state index is -1.44. The third-order valence-electron chi connectivity index (χ3n) is 9.61. The number of rotatable bonds is 38. The van der Waals surface area contributed by atoms with E-state index >= 15 is 0 Å². The molecule has 0 radical (unpaired) electrons. The van der Waals surface area contributed by atoms with Gasteiger partial charge in [0.2, 0.25) is 7.42 Å². The molecule has 43 heavy (non-hydrogen) atoms. The van der Waals surface area contributed by atoms with Gasteiger partial charge in [-0.1, -0.05) is 261 Å². The van der Waals surface area contributed by atoms with E-state index in [1.165, 1.54) is 238 Å².